The van der Waals surface area contributed by atoms with Gasteiger partial charge in [0.2, 0.25) is 0 Å². The van der Waals surface area contributed by atoms with Crippen LogP contribution >= 0.6 is 0 Å². The maximum Gasteiger partial charge on any atom is -0.0414 e. The second-order valence-corrected chi connectivity index (χ2v) is 8.16. The molecule has 0 spiro atoms. The maximum atomic E-state index is 2.43. The predicted octanol–water partition coefficient (Wildman–Crippen LogP) is 8.29. The Hall–Kier alpha value is 0. The van der Waals surface area contributed by atoms with Crippen molar-refractivity contribution in [3.63, 3.8) is 0 Å². The van der Waals surface area contributed by atoms with Crippen LogP contribution in [0.3, 0.4) is 0 Å². The third-order valence-corrected chi connectivity index (χ3v) is 5.85. The van der Waals surface area contributed by atoms with E-state index in [2.05, 4.69) is 13.8 Å². The van der Waals surface area contributed by atoms with E-state index in [0.717, 1.165) is 11.8 Å². The van der Waals surface area contributed by atoms with Gasteiger partial charge in [-0.2, -0.15) is 0 Å². The summed E-state index contributed by atoms with van der Waals surface area (Å²) in [4.78, 5) is 0. The highest BCUT2D eigenvalue weighted by molar-refractivity contribution is 4.69. The highest BCUT2D eigenvalue weighted by Gasteiger charge is 2.17. The molecule has 0 unspecified atom stereocenters. The number of hydrogen-bond donors (Lipinski definition) is 0. The van der Waals surface area contributed by atoms with Gasteiger partial charge in [-0.05, 0) is 11.8 Å². The quantitative estimate of drug-likeness (QED) is 0.283. The van der Waals surface area contributed by atoms with Crippen LogP contribution in [0.15, 0.2) is 0 Å². The molecule has 0 heterocycles. The normalized spacial score (nSPS) is 22.1. The summed E-state index contributed by atoms with van der Waals surface area (Å²) in [6, 6.07) is 0. The van der Waals surface area contributed by atoms with Gasteiger partial charge < -0.3 is 0 Å². The van der Waals surface area contributed by atoms with Crippen LogP contribution in [-0.2, 0) is 0 Å². The molecule has 1 fully saturated rings. The Kier molecular flexibility index (Phi) is 13.3. The van der Waals surface area contributed by atoms with Crippen LogP contribution in [-0.4, -0.2) is 0 Å². The molecule has 0 aliphatic heterocycles. The van der Waals surface area contributed by atoms with Crippen molar-refractivity contribution < 1.29 is 0 Å². The maximum absolute atomic E-state index is 2.43. The van der Waals surface area contributed by atoms with Crippen LogP contribution in [0.25, 0.3) is 0 Å². The van der Waals surface area contributed by atoms with Gasteiger partial charge in [0, 0.05) is 0 Å². The second-order valence-electron chi connectivity index (χ2n) is 8.16. The smallest absolute Gasteiger partial charge is 0.0414 e. The predicted molar refractivity (Wildman–Crippen MR) is 101 cm³/mol. The summed E-state index contributed by atoms with van der Waals surface area (Å²) in [6.07, 6.45) is 26.8. The first-order valence-corrected chi connectivity index (χ1v) is 10.8. The molecule has 0 radical (unpaired) electrons. The van der Waals surface area contributed by atoms with Crippen LogP contribution in [0.2, 0.25) is 0 Å². The van der Waals surface area contributed by atoms with Crippen molar-refractivity contribution in [2.75, 3.05) is 0 Å². The summed E-state index contributed by atoms with van der Waals surface area (Å²) < 4.78 is 0. The second kappa shape index (κ2) is 14.6. The highest BCUT2D eigenvalue weighted by Crippen LogP contribution is 2.31. The van der Waals surface area contributed by atoms with Gasteiger partial charge in [-0.1, -0.05) is 129 Å². The monoisotopic (exact) mass is 308 g/mol. The minimum absolute atomic E-state index is 1.02. The van der Waals surface area contributed by atoms with E-state index in [1.807, 2.05) is 0 Å². The molecule has 0 aromatic carbocycles. The molecule has 1 aliphatic rings. The van der Waals surface area contributed by atoms with Crippen LogP contribution in [0.5, 0.6) is 0 Å². The van der Waals surface area contributed by atoms with E-state index in [0.29, 0.717) is 0 Å². The summed E-state index contributed by atoms with van der Waals surface area (Å²) >= 11 is 0. The van der Waals surface area contributed by atoms with Crippen LogP contribution in [0.1, 0.15) is 129 Å². The summed E-state index contributed by atoms with van der Waals surface area (Å²) in [7, 11) is 0. The molecule has 132 valence electrons. The Balaban J connectivity index is 1.71. The molecule has 0 heteroatoms. The average molecular weight is 309 g/mol. The number of unbranched alkanes of at least 4 members (excludes halogenated alkanes) is 12. The largest absolute Gasteiger partial charge is 0.0654 e. The molecule has 0 nitrogen and oxygen atoms in total. The van der Waals surface area contributed by atoms with Gasteiger partial charge in [0.1, 0.15) is 0 Å². The number of hydrogen-bond acceptors (Lipinski definition) is 0. The molecule has 0 bridgehead atoms. The fraction of sp³-hybridized carbons (Fsp3) is 1.00. The van der Waals surface area contributed by atoms with Gasteiger partial charge in [-0.25, -0.2) is 0 Å². The van der Waals surface area contributed by atoms with Crippen molar-refractivity contribution in [1.82, 2.24) is 0 Å². The van der Waals surface area contributed by atoms with Crippen molar-refractivity contribution in [2.24, 2.45) is 11.8 Å². The molecule has 0 saturated heterocycles. The fourth-order valence-corrected chi connectivity index (χ4v) is 4.07. The van der Waals surface area contributed by atoms with E-state index in [9.17, 15) is 0 Å². The van der Waals surface area contributed by atoms with Crippen molar-refractivity contribution in [3.05, 3.63) is 0 Å². The lowest BCUT2D eigenvalue weighted by Gasteiger charge is -2.26. The summed E-state index contributed by atoms with van der Waals surface area (Å²) in [5, 5.41) is 0. The molecule has 1 rings (SSSR count). The average Bonchev–Trinajstić information content (AvgIpc) is 2.53. The third-order valence-electron chi connectivity index (χ3n) is 5.85. The van der Waals surface area contributed by atoms with Crippen molar-refractivity contribution >= 4 is 0 Å². The van der Waals surface area contributed by atoms with E-state index in [1.165, 1.54) is 116 Å². The SMILES string of the molecule is CCCCCCCCCCCCCCCC1CCC(C)CC1. The lowest BCUT2D eigenvalue weighted by atomic mass is 9.80. The van der Waals surface area contributed by atoms with E-state index in [4.69, 9.17) is 0 Å². The van der Waals surface area contributed by atoms with Crippen molar-refractivity contribution in [1.29, 1.82) is 0 Å². The van der Waals surface area contributed by atoms with Crippen molar-refractivity contribution in [3.8, 4) is 0 Å². The summed E-state index contributed by atoms with van der Waals surface area (Å²) in [6.45, 7) is 4.73. The van der Waals surface area contributed by atoms with E-state index in [-0.39, 0.29) is 0 Å². The van der Waals surface area contributed by atoms with Gasteiger partial charge in [0.15, 0.2) is 0 Å². The lowest BCUT2D eigenvalue weighted by Crippen LogP contribution is -2.12. The molecule has 1 saturated carbocycles. The van der Waals surface area contributed by atoms with Gasteiger partial charge >= 0.3 is 0 Å². The first-order valence-electron chi connectivity index (χ1n) is 10.8. The van der Waals surface area contributed by atoms with E-state index in [1.54, 1.807) is 0 Å². The lowest BCUT2D eigenvalue weighted by molar-refractivity contribution is 0.271. The molecule has 0 aromatic heterocycles. The molecular formula is C22H44. The molecule has 1 aliphatic carbocycles. The zero-order valence-electron chi connectivity index (χ0n) is 15.9. The van der Waals surface area contributed by atoms with Gasteiger partial charge in [0.05, 0.1) is 0 Å². The summed E-state index contributed by atoms with van der Waals surface area (Å²) in [5.41, 5.74) is 0. The molecular weight excluding hydrogens is 264 g/mol. The van der Waals surface area contributed by atoms with Gasteiger partial charge in [0.25, 0.3) is 0 Å². The molecule has 0 amide bonds. The summed E-state index contributed by atoms with van der Waals surface area (Å²) in [5.74, 6) is 2.10. The van der Waals surface area contributed by atoms with Gasteiger partial charge in [-0.15, -0.1) is 0 Å². The Morgan fingerprint density at radius 3 is 1.41 bits per heavy atom. The zero-order chi connectivity index (χ0) is 15.9. The Labute approximate surface area is 141 Å². The highest BCUT2D eigenvalue weighted by atomic mass is 14.2. The zero-order valence-corrected chi connectivity index (χ0v) is 15.9. The van der Waals surface area contributed by atoms with Crippen molar-refractivity contribution in [2.45, 2.75) is 129 Å². The fourth-order valence-electron chi connectivity index (χ4n) is 4.07. The van der Waals surface area contributed by atoms with Gasteiger partial charge in [-0.3, -0.25) is 0 Å². The Morgan fingerprint density at radius 1 is 0.545 bits per heavy atom. The number of rotatable bonds is 14. The van der Waals surface area contributed by atoms with E-state index < -0.39 is 0 Å². The van der Waals surface area contributed by atoms with Crippen LogP contribution < -0.4 is 0 Å². The first kappa shape index (κ1) is 20.0. The van der Waals surface area contributed by atoms with Crippen LogP contribution in [0.4, 0.5) is 0 Å². The third kappa shape index (κ3) is 11.6. The molecule has 22 heavy (non-hydrogen) atoms. The molecule has 0 N–H and O–H groups in total. The Bertz CT molecular complexity index is 212. The molecule has 0 aromatic rings. The molecule has 0 atom stereocenters. The minimum Gasteiger partial charge on any atom is -0.0654 e. The minimum atomic E-state index is 1.02. The van der Waals surface area contributed by atoms with Crippen LogP contribution in [0, 0.1) is 11.8 Å². The van der Waals surface area contributed by atoms with E-state index >= 15 is 0 Å². The Morgan fingerprint density at radius 2 is 0.955 bits per heavy atom. The first-order chi connectivity index (χ1) is 10.8. The topological polar surface area (TPSA) is 0 Å². The standard InChI is InChI=1S/C22H44/c1-3-4-5-6-7-8-9-10-11-12-13-14-15-16-22-19-17-21(2)18-20-22/h21-22H,3-20H2,1-2H3.